The molecule has 1 aliphatic rings. The van der Waals surface area contributed by atoms with Crippen LogP contribution in [0.3, 0.4) is 0 Å². The molecule has 1 aromatic carbocycles. The Kier molecular flexibility index (Phi) is 3.05. The van der Waals surface area contributed by atoms with Gasteiger partial charge < -0.3 is 0 Å². The van der Waals surface area contributed by atoms with E-state index in [-0.39, 0.29) is 0 Å². The summed E-state index contributed by atoms with van der Waals surface area (Å²) in [5.41, 5.74) is 2.55. The van der Waals surface area contributed by atoms with Crippen LogP contribution in [0, 0.1) is 0 Å². The van der Waals surface area contributed by atoms with Crippen LogP contribution in [0.25, 0.3) is 10.6 Å². The van der Waals surface area contributed by atoms with Crippen LogP contribution in [-0.2, 0) is 12.2 Å². The summed E-state index contributed by atoms with van der Waals surface area (Å²) in [4.78, 5) is 6.21. The van der Waals surface area contributed by atoms with Crippen molar-refractivity contribution >= 4 is 39.0 Å². The number of halogens is 1. The summed E-state index contributed by atoms with van der Waals surface area (Å²) in [5.74, 6) is 2.36. The molecule has 2 heterocycles. The molecule has 4 heteroatoms. The lowest BCUT2D eigenvalue weighted by Gasteiger charge is -2.06. The second kappa shape index (κ2) is 4.51. The highest BCUT2D eigenvalue weighted by Crippen LogP contribution is 2.34. The molecule has 0 aliphatic carbocycles. The molecule has 3 rings (SSSR count). The fourth-order valence-corrected chi connectivity index (χ4v) is 4.23. The largest absolute Gasteiger partial charge is 0.241 e. The van der Waals surface area contributed by atoms with Crippen LogP contribution in [0.4, 0.5) is 0 Å². The zero-order chi connectivity index (χ0) is 11.0. The average molecular weight is 312 g/mol. The minimum Gasteiger partial charge on any atom is -0.241 e. The third-order valence-corrected chi connectivity index (χ3v) is 5.43. The Bertz CT molecular complexity index is 481. The van der Waals surface area contributed by atoms with Gasteiger partial charge in [0.15, 0.2) is 0 Å². The van der Waals surface area contributed by atoms with Crippen molar-refractivity contribution in [3.05, 3.63) is 39.3 Å². The predicted octanol–water partition coefficient (Wildman–Crippen LogP) is 4.36. The fourth-order valence-electron chi connectivity index (χ4n) is 1.74. The van der Waals surface area contributed by atoms with Crippen LogP contribution < -0.4 is 0 Å². The summed E-state index contributed by atoms with van der Waals surface area (Å²) >= 11 is 7.31. The SMILES string of the molecule is Brc1ccc(-c2nc3c(s2)CSCC3)cc1. The summed E-state index contributed by atoms with van der Waals surface area (Å²) < 4.78 is 1.12. The summed E-state index contributed by atoms with van der Waals surface area (Å²) in [6.07, 6.45) is 1.13. The topological polar surface area (TPSA) is 12.9 Å². The Hall–Kier alpha value is -0.320. The minimum atomic E-state index is 1.12. The molecule has 0 fully saturated rings. The van der Waals surface area contributed by atoms with Crippen molar-refractivity contribution in [1.82, 2.24) is 4.98 Å². The van der Waals surface area contributed by atoms with Crippen molar-refractivity contribution in [3.63, 3.8) is 0 Å². The van der Waals surface area contributed by atoms with E-state index in [1.165, 1.54) is 26.9 Å². The first-order valence-electron chi connectivity index (χ1n) is 5.15. The lowest BCUT2D eigenvalue weighted by Crippen LogP contribution is -1.99. The number of benzene rings is 1. The number of hydrogen-bond donors (Lipinski definition) is 0. The molecule has 0 unspecified atom stereocenters. The van der Waals surface area contributed by atoms with Gasteiger partial charge in [0.05, 0.1) is 5.69 Å². The fraction of sp³-hybridized carbons (Fsp3) is 0.250. The zero-order valence-electron chi connectivity index (χ0n) is 8.57. The molecule has 0 amide bonds. The number of rotatable bonds is 1. The van der Waals surface area contributed by atoms with Gasteiger partial charge in [-0.25, -0.2) is 4.98 Å². The third-order valence-electron chi connectivity index (χ3n) is 2.59. The number of aromatic nitrogens is 1. The highest BCUT2D eigenvalue weighted by molar-refractivity contribution is 9.10. The molecule has 1 nitrogen and oxygen atoms in total. The highest BCUT2D eigenvalue weighted by atomic mass is 79.9. The molecule has 1 aromatic heterocycles. The first-order valence-corrected chi connectivity index (χ1v) is 7.91. The van der Waals surface area contributed by atoms with Crippen LogP contribution in [0.15, 0.2) is 28.7 Å². The lowest BCUT2D eigenvalue weighted by atomic mass is 10.2. The Morgan fingerprint density at radius 3 is 2.75 bits per heavy atom. The monoisotopic (exact) mass is 311 g/mol. The highest BCUT2D eigenvalue weighted by Gasteiger charge is 2.15. The van der Waals surface area contributed by atoms with Gasteiger partial charge in [0.25, 0.3) is 0 Å². The number of thiazole rings is 1. The smallest absolute Gasteiger partial charge is 0.123 e. The van der Waals surface area contributed by atoms with Crippen LogP contribution in [0.1, 0.15) is 10.6 Å². The molecule has 0 saturated heterocycles. The first kappa shape index (κ1) is 10.8. The molecule has 16 heavy (non-hydrogen) atoms. The van der Waals surface area contributed by atoms with E-state index < -0.39 is 0 Å². The van der Waals surface area contributed by atoms with E-state index in [1.807, 2.05) is 23.1 Å². The Morgan fingerprint density at radius 2 is 2.00 bits per heavy atom. The van der Waals surface area contributed by atoms with Crippen molar-refractivity contribution in [2.75, 3.05) is 5.75 Å². The van der Waals surface area contributed by atoms with Crippen molar-refractivity contribution < 1.29 is 0 Å². The van der Waals surface area contributed by atoms with Crippen molar-refractivity contribution in [2.45, 2.75) is 12.2 Å². The van der Waals surface area contributed by atoms with Gasteiger partial charge in [-0.05, 0) is 24.3 Å². The number of thioether (sulfide) groups is 1. The van der Waals surface area contributed by atoms with Gasteiger partial charge in [-0.3, -0.25) is 0 Å². The van der Waals surface area contributed by atoms with E-state index in [4.69, 9.17) is 4.98 Å². The van der Waals surface area contributed by atoms with Gasteiger partial charge in [0.2, 0.25) is 0 Å². The van der Waals surface area contributed by atoms with E-state index in [1.54, 1.807) is 0 Å². The predicted molar refractivity (Wildman–Crippen MR) is 75.1 cm³/mol. The van der Waals surface area contributed by atoms with Crippen LogP contribution in [0.2, 0.25) is 0 Å². The Morgan fingerprint density at radius 1 is 1.19 bits per heavy atom. The molecule has 82 valence electrons. The summed E-state index contributed by atoms with van der Waals surface area (Å²) in [5, 5.41) is 1.17. The first-order chi connectivity index (χ1) is 7.83. The van der Waals surface area contributed by atoms with Crippen LogP contribution >= 0.6 is 39.0 Å². The van der Waals surface area contributed by atoms with Crippen LogP contribution in [0.5, 0.6) is 0 Å². The maximum absolute atomic E-state index is 4.74. The normalized spacial score (nSPS) is 14.8. The molecule has 1 aliphatic heterocycles. The van der Waals surface area contributed by atoms with Gasteiger partial charge in [0.1, 0.15) is 5.01 Å². The Labute approximate surface area is 111 Å². The van der Waals surface area contributed by atoms with Gasteiger partial charge in [-0.1, -0.05) is 28.1 Å². The molecule has 0 bridgehead atoms. The summed E-state index contributed by atoms with van der Waals surface area (Å²) in [7, 11) is 0. The number of aryl methyl sites for hydroxylation is 1. The summed E-state index contributed by atoms with van der Waals surface area (Å²) in [6.45, 7) is 0. The van der Waals surface area contributed by atoms with E-state index in [0.29, 0.717) is 0 Å². The van der Waals surface area contributed by atoms with Gasteiger partial charge in [-0.15, -0.1) is 11.3 Å². The lowest BCUT2D eigenvalue weighted by molar-refractivity contribution is 1.03. The van der Waals surface area contributed by atoms with E-state index in [9.17, 15) is 0 Å². The average Bonchev–Trinajstić information content (AvgIpc) is 2.73. The maximum atomic E-state index is 4.74. The second-order valence-corrected chi connectivity index (χ2v) is 6.80. The van der Waals surface area contributed by atoms with Gasteiger partial charge >= 0.3 is 0 Å². The van der Waals surface area contributed by atoms with Crippen LogP contribution in [-0.4, -0.2) is 10.7 Å². The molecule has 2 aromatic rings. The Balaban J connectivity index is 2.00. The molecule has 0 N–H and O–H groups in total. The van der Waals surface area contributed by atoms with Crippen molar-refractivity contribution in [3.8, 4) is 10.6 Å². The number of fused-ring (bicyclic) bond motifs is 1. The summed E-state index contributed by atoms with van der Waals surface area (Å²) in [6, 6.07) is 8.40. The van der Waals surface area contributed by atoms with Crippen molar-refractivity contribution in [2.24, 2.45) is 0 Å². The van der Waals surface area contributed by atoms with E-state index in [0.717, 1.165) is 16.6 Å². The molecular formula is C12H10BrNS2. The van der Waals surface area contributed by atoms with Gasteiger partial charge in [-0.2, -0.15) is 11.8 Å². The number of nitrogens with zero attached hydrogens (tertiary/aromatic N) is 1. The quantitative estimate of drug-likeness (QED) is 0.776. The molecule has 0 saturated carbocycles. The molecule has 0 spiro atoms. The molecule has 0 atom stereocenters. The minimum absolute atomic E-state index is 1.12. The van der Waals surface area contributed by atoms with E-state index >= 15 is 0 Å². The van der Waals surface area contributed by atoms with E-state index in [2.05, 4.69) is 40.2 Å². The standard InChI is InChI=1S/C12H10BrNS2/c13-9-3-1-8(2-4-9)12-14-10-5-6-15-7-11(10)16-12/h1-4H,5-7H2. The molecule has 0 radical (unpaired) electrons. The van der Waals surface area contributed by atoms with Gasteiger partial charge in [0, 0.05) is 20.7 Å². The third kappa shape index (κ3) is 2.06. The maximum Gasteiger partial charge on any atom is 0.123 e. The number of hydrogen-bond acceptors (Lipinski definition) is 3. The second-order valence-electron chi connectivity index (χ2n) is 3.70. The zero-order valence-corrected chi connectivity index (χ0v) is 11.8. The molecular weight excluding hydrogens is 302 g/mol. The van der Waals surface area contributed by atoms with Crippen molar-refractivity contribution in [1.29, 1.82) is 0 Å².